The number of carbonyl (C=O) groups excluding carboxylic acids is 1. The predicted molar refractivity (Wildman–Crippen MR) is 119 cm³/mol. The number of halogens is 4. The van der Waals surface area contributed by atoms with Gasteiger partial charge in [0.25, 0.3) is 0 Å². The van der Waals surface area contributed by atoms with E-state index in [-0.39, 0.29) is 33.8 Å². The summed E-state index contributed by atoms with van der Waals surface area (Å²) in [4.78, 5) is 18.0. The molecular formula is C21H18ClF3N4O2S. The van der Waals surface area contributed by atoms with Crippen LogP contribution < -0.4 is 15.5 Å². The highest BCUT2D eigenvalue weighted by Crippen LogP contribution is 2.54. The van der Waals surface area contributed by atoms with E-state index in [2.05, 4.69) is 15.6 Å². The Kier molecular flexibility index (Phi) is 5.46. The van der Waals surface area contributed by atoms with Gasteiger partial charge in [-0.05, 0) is 29.8 Å². The number of hydrogen-bond acceptors (Lipinski definition) is 5. The van der Waals surface area contributed by atoms with E-state index in [9.17, 15) is 23.1 Å². The lowest BCUT2D eigenvalue weighted by Gasteiger charge is -2.25. The summed E-state index contributed by atoms with van der Waals surface area (Å²) in [5, 5.41) is 17.3. The molecule has 2 aromatic carbocycles. The summed E-state index contributed by atoms with van der Waals surface area (Å²) < 4.78 is 41.5. The lowest BCUT2D eigenvalue weighted by atomic mass is 9.83. The molecule has 1 aromatic heterocycles. The fourth-order valence-corrected chi connectivity index (χ4v) is 4.62. The number of nitrogens with one attached hydrogen (secondary N) is 2. The van der Waals surface area contributed by atoms with Crippen LogP contribution in [0.25, 0.3) is 0 Å². The minimum Gasteiger partial charge on any atom is -0.506 e. The van der Waals surface area contributed by atoms with Crippen LogP contribution in [0.5, 0.6) is 5.75 Å². The number of nitrogens with zero attached hydrogens (tertiary/aromatic N) is 2. The van der Waals surface area contributed by atoms with Crippen molar-refractivity contribution >= 4 is 51.8 Å². The molecule has 3 aromatic rings. The van der Waals surface area contributed by atoms with Crippen LogP contribution in [0, 0.1) is 0 Å². The molecule has 0 saturated heterocycles. The summed E-state index contributed by atoms with van der Waals surface area (Å²) >= 11 is 6.93. The van der Waals surface area contributed by atoms with E-state index >= 15 is 0 Å². The highest BCUT2D eigenvalue weighted by Gasteiger charge is 2.46. The van der Waals surface area contributed by atoms with Crippen molar-refractivity contribution in [2.75, 3.05) is 22.1 Å². The Bertz CT molecular complexity index is 1200. The van der Waals surface area contributed by atoms with Crippen LogP contribution in [-0.2, 0) is 11.6 Å². The van der Waals surface area contributed by atoms with Gasteiger partial charge in [-0.15, -0.1) is 11.3 Å². The van der Waals surface area contributed by atoms with Gasteiger partial charge in [0.05, 0.1) is 22.6 Å². The van der Waals surface area contributed by atoms with Gasteiger partial charge in [0.1, 0.15) is 11.6 Å². The van der Waals surface area contributed by atoms with E-state index in [1.165, 1.54) is 0 Å². The lowest BCUT2D eigenvalue weighted by molar-refractivity contribution is -0.138. The third kappa shape index (κ3) is 4.07. The summed E-state index contributed by atoms with van der Waals surface area (Å²) in [6.07, 6.45) is -4.57. The fourth-order valence-electron chi connectivity index (χ4n) is 3.93. The van der Waals surface area contributed by atoms with Crippen LogP contribution in [0.2, 0.25) is 4.47 Å². The molecule has 0 unspecified atom stereocenters. The summed E-state index contributed by atoms with van der Waals surface area (Å²) in [5.41, 5.74) is -0.813. The Morgan fingerprint density at radius 2 is 1.94 bits per heavy atom. The third-order valence-corrected chi connectivity index (χ3v) is 6.10. The second-order valence-corrected chi connectivity index (χ2v) is 9.35. The number of aromatic nitrogens is 1. The molecule has 1 aliphatic heterocycles. The van der Waals surface area contributed by atoms with Crippen molar-refractivity contribution in [3.63, 3.8) is 0 Å². The zero-order chi connectivity index (χ0) is 23.3. The summed E-state index contributed by atoms with van der Waals surface area (Å²) in [7, 11) is 0. The van der Waals surface area contributed by atoms with E-state index < -0.39 is 23.2 Å². The topological polar surface area (TPSA) is 77.5 Å². The van der Waals surface area contributed by atoms with Gasteiger partial charge in [-0.3, -0.25) is 5.32 Å². The standard InChI is InChI=1S/C21H18ClF3N4O2S/c1-20(2)10-29(17-14(30)8-7-11(16(17)20)21(23,24)25)13-6-4-3-5-12(13)26-19(31)28-15-9-32-18(22)27-15/h3-9,30H,10H2,1-2H3,(H2,26,28,31). The zero-order valence-electron chi connectivity index (χ0n) is 16.9. The first-order valence-corrected chi connectivity index (χ1v) is 10.7. The van der Waals surface area contributed by atoms with Gasteiger partial charge in [-0.2, -0.15) is 13.2 Å². The number of rotatable bonds is 3. The Morgan fingerprint density at radius 3 is 2.59 bits per heavy atom. The lowest BCUT2D eigenvalue weighted by Crippen LogP contribution is -2.27. The number of phenolic OH excluding ortho intramolecular Hbond substituents is 1. The van der Waals surface area contributed by atoms with Gasteiger partial charge in [0, 0.05) is 17.3 Å². The van der Waals surface area contributed by atoms with Crippen LogP contribution in [0.15, 0.2) is 41.8 Å². The molecule has 2 amide bonds. The minimum atomic E-state index is -4.57. The van der Waals surface area contributed by atoms with E-state index in [4.69, 9.17) is 11.6 Å². The maximum atomic E-state index is 13.7. The number of phenols is 1. The van der Waals surface area contributed by atoms with Gasteiger partial charge in [-0.25, -0.2) is 9.78 Å². The monoisotopic (exact) mass is 482 g/mol. The largest absolute Gasteiger partial charge is 0.506 e. The second-order valence-electron chi connectivity index (χ2n) is 7.91. The molecule has 0 fully saturated rings. The second kappa shape index (κ2) is 7.86. The van der Waals surface area contributed by atoms with Crippen molar-refractivity contribution < 1.29 is 23.1 Å². The fraction of sp³-hybridized carbons (Fsp3) is 0.238. The van der Waals surface area contributed by atoms with Crippen molar-refractivity contribution in [3.8, 4) is 5.75 Å². The molecular weight excluding hydrogens is 465 g/mol. The number of hydrogen-bond donors (Lipinski definition) is 3. The molecule has 1 aliphatic rings. The van der Waals surface area contributed by atoms with Gasteiger partial charge < -0.3 is 15.3 Å². The Morgan fingerprint density at radius 1 is 1.22 bits per heavy atom. The summed E-state index contributed by atoms with van der Waals surface area (Å²) in [5.74, 6) is 0.00467. The first-order chi connectivity index (χ1) is 15.0. The van der Waals surface area contributed by atoms with E-state index in [0.29, 0.717) is 11.4 Å². The quantitative estimate of drug-likeness (QED) is 0.393. The first-order valence-electron chi connectivity index (χ1n) is 9.46. The van der Waals surface area contributed by atoms with E-state index in [0.717, 1.165) is 23.5 Å². The smallest absolute Gasteiger partial charge is 0.416 e. The number of amides is 2. The molecule has 6 nitrogen and oxygen atoms in total. The normalized spacial score (nSPS) is 14.9. The Labute approximate surface area is 190 Å². The number of carbonyl (C=O) groups is 1. The van der Waals surface area contributed by atoms with Crippen molar-refractivity contribution in [1.82, 2.24) is 4.98 Å². The third-order valence-electron chi connectivity index (χ3n) is 5.12. The van der Waals surface area contributed by atoms with Crippen LogP contribution in [0.4, 0.5) is 40.8 Å². The number of urea groups is 1. The van der Waals surface area contributed by atoms with Gasteiger partial charge in [-0.1, -0.05) is 37.6 Å². The molecule has 4 rings (SSSR count). The molecule has 168 valence electrons. The average Bonchev–Trinajstić information content (AvgIpc) is 3.22. The Balaban J connectivity index is 1.73. The molecule has 3 N–H and O–H groups in total. The maximum Gasteiger partial charge on any atom is 0.416 e. The zero-order valence-corrected chi connectivity index (χ0v) is 18.5. The maximum absolute atomic E-state index is 13.7. The van der Waals surface area contributed by atoms with Crippen molar-refractivity contribution in [2.24, 2.45) is 0 Å². The number of alkyl halides is 3. The van der Waals surface area contributed by atoms with Crippen LogP contribution >= 0.6 is 22.9 Å². The Hall–Kier alpha value is -2.98. The van der Waals surface area contributed by atoms with Crippen molar-refractivity contribution in [1.29, 1.82) is 0 Å². The van der Waals surface area contributed by atoms with Gasteiger partial charge >= 0.3 is 12.2 Å². The number of aromatic hydroxyl groups is 1. The van der Waals surface area contributed by atoms with Gasteiger partial charge in [0.2, 0.25) is 0 Å². The number of fused-ring (bicyclic) bond motifs is 1. The number of para-hydroxylation sites is 2. The summed E-state index contributed by atoms with van der Waals surface area (Å²) in [6, 6.07) is 8.03. The molecule has 0 bridgehead atoms. The number of benzene rings is 2. The summed E-state index contributed by atoms with van der Waals surface area (Å²) in [6.45, 7) is 3.55. The van der Waals surface area contributed by atoms with Crippen LogP contribution in [0.3, 0.4) is 0 Å². The van der Waals surface area contributed by atoms with Gasteiger partial charge in [0.15, 0.2) is 4.47 Å². The predicted octanol–water partition coefficient (Wildman–Crippen LogP) is 6.59. The molecule has 0 aliphatic carbocycles. The first kappa shape index (κ1) is 22.2. The van der Waals surface area contributed by atoms with E-state index in [1.807, 2.05) is 0 Å². The molecule has 0 radical (unpaired) electrons. The van der Waals surface area contributed by atoms with Crippen molar-refractivity contribution in [2.45, 2.75) is 25.4 Å². The molecule has 2 heterocycles. The van der Waals surface area contributed by atoms with E-state index in [1.54, 1.807) is 48.4 Å². The number of anilines is 4. The SMILES string of the molecule is CC1(C)CN(c2ccccc2NC(=O)Nc2csc(Cl)n2)c2c(O)ccc(C(F)(F)F)c21. The molecule has 0 saturated carbocycles. The molecule has 32 heavy (non-hydrogen) atoms. The van der Waals surface area contributed by atoms with Crippen molar-refractivity contribution in [3.05, 3.63) is 57.4 Å². The highest BCUT2D eigenvalue weighted by molar-refractivity contribution is 7.14. The molecule has 0 spiro atoms. The molecule has 0 atom stereocenters. The van der Waals surface area contributed by atoms with Crippen LogP contribution in [-0.4, -0.2) is 22.7 Å². The molecule has 11 heteroatoms. The minimum absolute atomic E-state index is 0.0152. The number of thiazole rings is 1. The van der Waals surface area contributed by atoms with Crippen LogP contribution in [0.1, 0.15) is 25.0 Å². The highest BCUT2D eigenvalue weighted by atomic mass is 35.5. The average molecular weight is 483 g/mol.